The number of phenols is 1. The molecule has 2 aliphatic heterocycles. The number of allylic oxidation sites excluding steroid dienone is 4. The number of rotatable bonds is 5. The van der Waals surface area contributed by atoms with Crippen molar-refractivity contribution in [2.75, 3.05) is 18.9 Å². The van der Waals surface area contributed by atoms with Crippen LogP contribution in [0.15, 0.2) is 39.9 Å². The first-order valence-corrected chi connectivity index (χ1v) is 9.92. The van der Waals surface area contributed by atoms with E-state index < -0.39 is 0 Å². The molecule has 0 aromatic heterocycles. The maximum absolute atomic E-state index is 10.5. The van der Waals surface area contributed by atoms with Crippen LogP contribution < -0.4 is 5.32 Å². The van der Waals surface area contributed by atoms with Gasteiger partial charge in [-0.15, -0.1) is 0 Å². The molecule has 2 unspecified atom stereocenters. The Morgan fingerprint density at radius 1 is 1.36 bits per heavy atom. The van der Waals surface area contributed by atoms with E-state index in [2.05, 4.69) is 72.2 Å². The van der Waals surface area contributed by atoms with Crippen LogP contribution in [-0.2, 0) is 5.41 Å². The van der Waals surface area contributed by atoms with E-state index in [1.54, 1.807) is 0 Å². The monoisotopic (exact) mass is 404 g/mol. The Bertz CT molecular complexity index is 721. The summed E-state index contributed by atoms with van der Waals surface area (Å²) in [6, 6.07) is 4.15. The summed E-state index contributed by atoms with van der Waals surface area (Å²) in [5.41, 5.74) is 5.06. The van der Waals surface area contributed by atoms with E-state index in [1.807, 2.05) is 6.07 Å². The minimum absolute atomic E-state index is 0.0556. The zero-order valence-electron chi connectivity index (χ0n) is 15.7. The summed E-state index contributed by atoms with van der Waals surface area (Å²) in [7, 11) is 2.17. The van der Waals surface area contributed by atoms with Gasteiger partial charge in [-0.3, -0.25) is 4.90 Å². The summed E-state index contributed by atoms with van der Waals surface area (Å²) in [5.74, 6) is 0.337. The molecule has 0 radical (unpaired) electrons. The molecular weight excluding hydrogens is 376 g/mol. The van der Waals surface area contributed by atoms with E-state index in [0.29, 0.717) is 5.75 Å². The maximum atomic E-state index is 10.5. The first kappa shape index (κ1) is 18.5. The lowest BCUT2D eigenvalue weighted by atomic mass is 9.76. The van der Waals surface area contributed by atoms with Crippen molar-refractivity contribution in [3.05, 3.63) is 45.5 Å². The van der Waals surface area contributed by atoms with Crippen molar-refractivity contribution in [1.29, 1.82) is 0 Å². The Labute approximate surface area is 159 Å². The van der Waals surface area contributed by atoms with E-state index in [-0.39, 0.29) is 11.6 Å². The second-order valence-electron chi connectivity index (χ2n) is 7.83. The number of hydrogen-bond acceptors (Lipinski definition) is 3. The molecule has 2 atom stereocenters. The number of fused-ring (bicyclic) bond motifs is 3. The normalized spacial score (nSPS) is 25.5. The standard InChI is InChI=1S/C21H29BrN2O/c1-14(2)6-5-7-15(3)10-11-21-12-13-24(4)20(21)23-18-16(21)8-9-17(22)19(18)25/h6,8-10,20,23,25H,5,7,11-13H2,1-4H3. The van der Waals surface area contributed by atoms with Crippen LogP contribution in [0.25, 0.3) is 0 Å². The molecule has 2 N–H and O–H groups in total. The third kappa shape index (κ3) is 3.39. The molecular formula is C21H29BrN2O. The molecule has 2 heterocycles. The molecule has 25 heavy (non-hydrogen) atoms. The topological polar surface area (TPSA) is 35.5 Å². The van der Waals surface area contributed by atoms with Crippen LogP contribution in [0.5, 0.6) is 5.75 Å². The highest BCUT2D eigenvalue weighted by Gasteiger charge is 2.52. The van der Waals surface area contributed by atoms with Crippen LogP contribution in [0.4, 0.5) is 5.69 Å². The number of nitrogens with zero attached hydrogens (tertiary/aromatic N) is 1. The summed E-state index contributed by atoms with van der Waals surface area (Å²) >= 11 is 3.44. The molecule has 0 aliphatic carbocycles. The lowest BCUT2D eigenvalue weighted by Crippen LogP contribution is -2.41. The predicted molar refractivity (Wildman–Crippen MR) is 109 cm³/mol. The molecule has 3 rings (SSSR count). The summed E-state index contributed by atoms with van der Waals surface area (Å²) in [6.07, 6.45) is 9.35. The predicted octanol–water partition coefficient (Wildman–Crippen LogP) is 5.56. The van der Waals surface area contributed by atoms with Gasteiger partial charge < -0.3 is 10.4 Å². The third-order valence-electron chi connectivity index (χ3n) is 5.73. The number of likely N-dealkylation sites (tertiary alicyclic amines) is 1. The Hall–Kier alpha value is -1.26. The van der Waals surface area contributed by atoms with Gasteiger partial charge in [-0.25, -0.2) is 0 Å². The van der Waals surface area contributed by atoms with Crippen molar-refractivity contribution in [2.24, 2.45) is 0 Å². The quantitative estimate of drug-likeness (QED) is 0.497. The molecule has 0 bridgehead atoms. The smallest absolute Gasteiger partial charge is 0.153 e. The molecule has 136 valence electrons. The number of nitrogens with one attached hydrogen (secondary N) is 1. The first-order valence-electron chi connectivity index (χ1n) is 9.13. The number of phenolic OH excluding ortho intramolecular Hbond substituents is 1. The highest BCUT2D eigenvalue weighted by molar-refractivity contribution is 9.10. The lowest BCUT2D eigenvalue weighted by molar-refractivity contribution is 0.285. The summed E-state index contributed by atoms with van der Waals surface area (Å²) in [4.78, 5) is 2.37. The van der Waals surface area contributed by atoms with Crippen LogP contribution in [0, 0.1) is 0 Å². The Morgan fingerprint density at radius 3 is 2.84 bits per heavy atom. The van der Waals surface area contributed by atoms with Crippen molar-refractivity contribution in [3.8, 4) is 5.75 Å². The van der Waals surface area contributed by atoms with E-state index in [9.17, 15) is 5.11 Å². The molecule has 0 amide bonds. The average Bonchev–Trinajstić information content (AvgIpc) is 3.05. The fourth-order valence-corrected chi connectivity index (χ4v) is 4.56. The first-order chi connectivity index (χ1) is 11.8. The molecule has 3 nitrogen and oxygen atoms in total. The lowest BCUT2D eigenvalue weighted by Gasteiger charge is -2.30. The van der Waals surface area contributed by atoms with Crippen molar-refractivity contribution in [2.45, 2.75) is 58.0 Å². The van der Waals surface area contributed by atoms with Gasteiger partial charge in [-0.05, 0) is 81.1 Å². The second-order valence-corrected chi connectivity index (χ2v) is 8.68. The van der Waals surface area contributed by atoms with E-state index >= 15 is 0 Å². The van der Waals surface area contributed by atoms with Gasteiger partial charge in [0.15, 0.2) is 5.75 Å². The zero-order chi connectivity index (χ0) is 18.2. The molecule has 1 saturated heterocycles. The van der Waals surface area contributed by atoms with Gasteiger partial charge >= 0.3 is 0 Å². The van der Waals surface area contributed by atoms with Gasteiger partial charge in [0.2, 0.25) is 0 Å². The van der Waals surface area contributed by atoms with Crippen molar-refractivity contribution in [1.82, 2.24) is 4.90 Å². The van der Waals surface area contributed by atoms with Gasteiger partial charge in [0, 0.05) is 12.0 Å². The van der Waals surface area contributed by atoms with Crippen LogP contribution in [0.3, 0.4) is 0 Å². The Kier molecular flexibility index (Phi) is 5.31. The number of benzene rings is 1. The molecule has 1 fully saturated rings. The van der Waals surface area contributed by atoms with E-state index in [4.69, 9.17) is 0 Å². The molecule has 2 aliphatic rings. The van der Waals surface area contributed by atoms with Gasteiger partial charge in [-0.1, -0.05) is 29.4 Å². The number of aromatic hydroxyl groups is 1. The Balaban J connectivity index is 1.86. The Morgan fingerprint density at radius 2 is 2.12 bits per heavy atom. The maximum Gasteiger partial charge on any atom is 0.153 e. The second kappa shape index (κ2) is 7.16. The molecule has 1 aromatic rings. The van der Waals surface area contributed by atoms with Crippen molar-refractivity contribution < 1.29 is 5.11 Å². The fourth-order valence-electron chi connectivity index (χ4n) is 4.23. The van der Waals surface area contributed by atoms with Crippen LogP contribution in [0.1, 0.15) is 52.0 Å². The van der Waals surface area contributed by atoms with Crippen molar-refractivity contribution >= 4 is 21.6 Å². The highest BCUT2D eigenvalue weighted by Crippen LogP contribution is 2.54. The summed E-state index contributed by atoms with van der Waals surface area (Å²) in [5, 5.41) is 14.1. The minimum Gasteiger partial charge on any atom is -0.505 e. The third-order valence-corrected chi connectivity index (χ3v) is 6.37. The van der Waals surface area contributed by atoms with E-state index in [1.165, 1.54) is 16.7 Å². The van der Waals surface area contributed by atoms with Gasteiger partial charge in [0.05, 0.1) is 16.3 Å². The summed E-state index contributed by atoms with van der Waals surface area (Å²) in [6.45, 7) is 7.63. The SMILES string of the molecule is CC(C)=CCCC(C)=CCC12CCN(C)C1Nc1c2ccc(Br)c1O. The van der Waals surface area contributed by atoms with Gasteiger partial charge in [0.25, 0.3) is 0 Å². The molecule has 4 heteroatoms. The van der Waals surface area contributed by atoms with Crippen LogP contribution >= 0.6 is 15.9 Å². The number of likely N-dealkylation sites (N-methyl/N-ethyl adjacent to an activating group) is 1. The van der Waals surface area contributed by atoms with Crippen molar-refractivity contribution in [3.63, 3.8) is 0 Å². The minimum atomic E-state index is 0.0556. The summed E-state index contributed by atoms with van der Waals surface area (Å²) < 4.78 is 0.755. The molecule has 0 spiro atoms. The van der Waals surface area contributed by atoms with Crippen LogP contribution in [0.2, 0.25) is 0 Å². The number of halogens is 1. The highest BCUT2D eigenvalue weighted by atomic mass is 79.9. The molecule has 0 saturated carbocycles. The van der Waals surface area contributed by atoms with Crippen LogP contribution in [-0.4, -0.2) is 29.8 Å². The fraction of sp³-hybridized carbons (Fsp3) is 0.524. The number of hydrogen-bond donors (Lipinski definition) is 2. The largest absolute Gasteiger partial charge is 0.505 e. The van der Waals surface area contributed by atoms with E-state index in [0.717, 1.165) is 42.4 Å². The number of anilines is 1. The average molecular weight is 405 g/mol. The van der Waals surface area contributed by atoms with Gasteiger partial charge in [-0.2, -0.15) is 0 Å². The zero-order valence-corrected chi connectivity index (χ0v) is 17.3. The molecule has 1 aromatic carbocycles. The van der Waals surface area contributed by atoms with Gasteiger partial charge in [0.1, 0.15) is 0 Å².